The molecule has 0 amide bonds. The summed E-state index contributed by atoms with van der Waals surface area (Å²) in [6, 6.07) is 4.16. The van der Waals surface area contributed by atoms with Crippen molar-refractivity contribution in [3.63, 3.8) is 0 Å². The van der Waals surface area contributed by atoms with Crippen LogP contribution in [0.5, 0.6) is 0 Å². The zero-order valence-electron chi connectivity index (χ0n) is 8.62. The van der Waals surface area contributed by atoms with E-state index >= 15 is 0 Å². The van der Waals surface area contributed by atoms with Crippen molar-refractivity contribution in [1.29, 1.82) is 0 Å². The number of hydrogen-bond acceptors (Lipinski definition) is 2. The molecule has 82 valence electrons. The molecule has 0 unspecified atom stereocenters. The van der Waals surface area contributed by atoms with Crippen LogP contribution in [0, 0.1) is 6.92 Å². The van der Waals surface area contributed by atoms with Crippen molar-refractivity contribution in [3.05, 3.63) is 22.4 Å². The van der Waals surface area contributed by atoms with E-state index in [9.17, 15) is 0 Å². The van der Waals surface area contributed by atoms with E-state index in [-0.39, 0.29) is 7.43 Å². The van der Waals surface area contributed by atoms with Crippen LogP contribution in [0.25, 0.3) is 0 Å². The summed E-state index contributed by atoms with van der Waals surface area (Å²) in [5.74, 6) is 0. The Kier molecular flexibility index (Phi) is 7.81. The Labute approximate surface area is 92.8 Å². The second kappa shape index (κ2) is 8.01. The third-order valence-electron chi connectivity index (χ3n) is 2.24. The molecule has 1 saturated heterocycles. The maximum atomic E-state index is 2.39. The molecule has 0 aliphatic carbocycles. The minimum Gasteiger partial charge on any atom is -0.306 e. The number of rotatable bonds is 0. The predicted molar refractivity (Wildman–Crippen MR) is 67.1 cm³/mol. The van der Waals surface area contributed by atoms with Gasteiger partial charge in [-0.05, 0) is 51.3 Å². The zero-order chi connectivity index (χ0) is 9.52. The highest BCUT2D eigenvalue weighted by molar-refractivity contribution is 7.09. The molecule has 2 heterocycles. The summed E-state index contributed by atoms with van der Waals surface area (Å²) < 4.78 is 0. The van der Waals surface area contributed by atoms with E-state index in [0.717, 1.165) is 0 Å². The molecule has 1 aromatic heterocycles. The Morgan fingerprint density at radius 2 is 1.86 bits per heavy atom. The fraction of sp³-hybridized carbons (Fsp3) is 0.667. The monoisotopic (exact) mass is 213 g/mol. The highest BCUT2D eigenvalue weighted by atomic mass is 32.1. The van der Waals surface area contributed by atoms with Crippen molar-refractivity contribution in [2.45, 2.75) is 33.6 Å². The summed E-state index contributed by atoms with van der Waals surface area (Å²) >= 11 is 1.78. The lowest BCUT2D eigenvalue weighted by Gasteiger charge is -2.20. The fourth-order valence-electron chi connectivity index (χ4n) is 1.41. The largest absolute Gasteiger partial charge is 0.306 e. The molecular formula is C12H23NS. The van der Waals surface area contributed by atoms with Gasteiger partial charge in [0.1, 0.15) is 0 Å². The highest BCUT2D eigenvalue weighted by Gasteiger charge is 2.02. The smallest absolute Gasteiger partial charge is 0.00141 e. The third kappa shape index (κ3) is 6.17. The molecule has 0 radical (unpaired) electrons. The molecule has 2 heteroatoms. The SMILES string of the molecule is C.CN1CCCCC1.Cc1cccs1. The molecule has 0 saturated carbocycles. The first-order valence-electron chi connectivity index (χ1n) is 4.97. The van der Waals surface area contributed by atoms with E-state index in [1.54, 1.807) is 11.3 Å². The number of nitrogens with zero attached hydrogens (tertiary/aromatic N) is 1. The second-order valence-electron chi connectivity index (χ2n) is 3.59. The number of hydrogen-bond donors (Lipinski definition) is 0. The highest BCUT2D eigenvalue weighted by Crippen LogP contribution is 2.04. The Hall–Kier alpha value is -0.340. The van der Waals surface area contributed by atoms with E-state index in [2.05, 4.69) is 36.4 Å². The predicted octanol–water partition coefficient (Wildman–Crippen LogP) is 3.79. The summed E-state index contributed by atoms with van der Waals surface area (Å²) in [7, 11) is 2.19. The van der Waals surface area contributed by atoms with Crippen LogP contribution < -0.4 is 0 Å². The van der Waals surface area contributed by atoms with Crippen LogP contribution in [0.4, 0.5) is 0 Å². The number of likely N-dealkylation sites (tertiary alicyclic amines) is 1. The number of aryl methyl sites for hydroxylation is 1. The molecule has 1 aliphatic rings. The molecule has 0 aromatic carbocycles. The average molecular weight is 213 g/mol. The van der Waals surface area contributed by atoms with Crippen LogP contribution in [0.15, 0.2) is 17.5 Å². The zero-order valence-corrected chi connectivity index (χ0v) is 9.44. The van der Waals surface area contributed by atoms with Gasteiger partial charge in [-0.1, -0.05) is 19.9 Å². The van der Waals surface area contributed by atoms with Gasteiger partial charge in [0.15, 0.2) is 0 Å². The maximum absolute atomic E-state index is 2.39. The second-order valence-corrected chi connectivity index (χ2v) is 4.74. The van der Waals surface area contributed by atoms with Crippen LogP contribution in [0.2, 0.25) is 0 Å². The van der Waals surface area contributed by atoms with Crippen molar-refractivity contribution < 1.29 is 0 Å². The van der Waals surface area contributed by atoms with Gasteiger partial charge in [0.2, 0.25) is 0 Å². The maximum Gasteiger partial charge on any atom is 0.00141 e. The van der Waals surface area contributed by atoms with Crippen LogP contribution in [0.3, 0.4) is 0 Å². The van der Waals surface area contributed by atoms with Crippen LogP contribution >= 0.6 is 11.3 Å². The first kappa shape index (κ1) is 13.7. The Morgan fingerprint density at radius 1 is 1.21 bits per heavy atom. The van der Waals surface area contributed by atoms with Gasteiger partial charge in [-0.25, -0.2) is 0 Å². The topological polar surface area (TPSA) is 3.24 Å². The Balaban J connectivity index is 0.000000227. The van der Waals surface area contributed by atoms with Crippen LogP contribution in [0.1, 0.15) is 31.6 Å². The molecular weight excluding hydrogens is 190 g/mol. The molecule has 1 nitrogen and oxygen atoms in total. The number of piperidine rings is 1. The molecule has 0 spiro atoms. The van der Waals surface area contributed by atoms with Gasteiger partial charge in [0, 0.05) is 4.88 Å². The summed E-state index contributed by atoms with van der Waals surface area (Å²) in [6.45, 7) is 4.74. The Morgan fingerprint density at radius 3 is 2.07 bits per heavy atom. The van der Waals surface area contributed by atoms with Gasteiger partial charge in [-0.3, -0.25) is 0 Å². The van der Waals surface area contributed by atoms with Crippen LogP contribution in [-0.2, 0) is 0 Å². The lowest BCUT2D eigenvalue weighted by molar-refractivity contribution is 0.277. The van der Waals surface area contributed by atoms with E-state index in [1.165, 1.54) is 37.2 Å². The van der Waals surface area contributed by atoms with Gasteiger partial charge in [0.25, 0.3) is 0 Å². The third-order valence-corrected chi connectivity index (χ3v) is 3.04. The molecule has 1 aliphatic heterocycles. The molecule has 1 fully saturated rings. The molecule has 2 rings (SSSR count). The average Bonchev–Trinajstić information content (AvgIpc) is 2.58. The van der Waals surface area contributed by atoms with Crippen molar-refractivity contribution in [3.8, 4) is 0 Å². The van der Waals surface area contributed by atoms with E-state index in [1.807, 2.05) is 0 Å². The van der Waals surface area contributed by atoms with Crippen molar-refractivity contribution in [2.24, 2.45) is 0 Å². The first-order valence-corrected chi connectivity index (χ1v) is 5.85. The molecule has 0 N–H and O–H groups in total. The quantitative estimate of drug-likeness (QED) is 0.633. The van der Waals surface area contributed by atoms with E-state index in [0.29, 0.717) is 0 Å². The van der Waals surface area contributed by atoms with Gasteiger partial charge in [-0.2, -0.15) is 0 Å². The molecule has 14 heavy (non-hydrogen) atoms. The minimum atomic E-state index is 0. The molecule has 0 bridgehead atoms. The summed E-state index contributed by atoms with van der Waals surface area (Å²) in [6.07, 6.45) is 4.28. The van der Waals surface area contributed by atoms with Crippen molar-refractivity contribution >= 4 is 11.3 Å². The van der Waals surface area contributed by atoms with Gasteiger partial charge < -0.3 is 4.90 Å². The molecule has 0 atom stereocenters. The normalized spacial score (nSPS) is 16.4. The minimum absolute atomic E-state index is 0. The van der Waals surface area contributed by atoms with E-state index < -0.39 is 0 Å². The fourth-order valence-corrected chi connectivity index (χ4v) is 1.94. The first-order chi connectivity index (χ1) is 6.29. The summed E-state index contributed by atoms with van der Waals surface area (Å²) in [5, 5.41) is 2.08. The van der Waals surface area contributed by atoms with Gasteiger partial charge in [0.05, 0.1) is 0 Å². The van der Waals surface area contributed by atoms with Gasteiger partial charge in [-0.15, -0.1) is 11.3 Å². The van der Waals surface area contributed by atoms with Crippen molar-refractivity contribution in [1.82, 2.24) is 4.90 Å². The van der Waals surface area contributed by atoms with Gasteiger partial charge >= 0.3 is 0 Å². The van der Waals surface area contributed by atoms with Crippen molar-refractivity contribution in [2.75, 3.05) is 20.1 Å². The van der Waals surface area contributed by atoms with E-state index in [4.69, 9.17) is 0 Å². The number of thiophene rings is 1. The lowest BCUT2D eigenvalue weighted by Crippen LogP contribution is -2.24. The lowest BCUT2D eigenvalue weighted by atomic mass is 10.1. The summed E-state index contributed by atoms with van der Waals surface area (Å²) in [4.78, 5) is 3.78. The standard InChI is InChI=1S/C6H13N.C5H6S.CH4/c1-7-5-3-2-4-6-7;1-5-3-2-4-6-5;/h2-6H2,1H3;2-4H,1H3;1H4. The Bertz CT molecular complexity index is 200. The summed E-state index contributed by atoms with van der Waals surface area (Å²) in [5.41, 5.74) is 0. The molecule has 1 aromatic rings. The van der Waals surface area contributed by atoms with Crippen LogP contribution in [-0.4, -0.2) is 25.0 Å².